The molecular weight excluding hydrogens is 374 g/mol. The zero-order valence-corrected chi connectivity index (χ0v) is 15.3. The van der Waals surface area contributed by atoms with Crippen LogP contribution in [-0.4, -0.2) is 48.8 Å². The number of amides is 3. The van der Waals surface area contributed by atoms with Crippen LogP contribution in [0.4, 0.5) is 0 Å². The highest BCUT2D eigenvalue weighted by atomic mass is 79.9. The van der Waals surface area contributed by atoms with Crippen molar-refractivity contribution in [2.75, 3.05) is 26.2 Å². The van der Waals surface area contributed by atoms with Crippen LogP contribution < -0.4 is 10.6 Å². The van der Waals surface area contributed by atoms with Crippen molar-refractivity contribution < 1.29 is 14.4 Å². The summed E-state index contributed by atoms with van der Waals surface area (Å²) in [6.07, 6.45) is 1.23. The third-order valence-electron chi connectivity index (χ3n) is 4.04. The second kappa shape index (κ2) is 8.82. The molecule has 1 heterocycles. The Balaban J connectivity index is 1.80. The Kier molecular flexibility index (Phi) is 6.78. The van der Waals surface area contributed by atoms with Gasteiger partial charge in [0.05, 0.1) is 6.54 Å². The minimum absolute atomic E-state index is 0.00467. The van der Waals surface area contributed by atoms with Gasteiger partial charge in [0.2, 0.25) is 11.8 Å². The van der Waals surface area contributed by atoms with Crippen LogP contribution >= 0.6 is 15.9 Å². The van der Waals surface area contributed by atoms with Crippen molar-refractivity contribution in [1.82, 2.24) is 15.5 Å². The Hall–Kier alpha value is -1.89. The molecule has 6 nitrogen and oxygen atoms in total. The van der Waals surface area contributed by atoms with Gasteiger partial charge < -0.3 is 15.5 Å². The number of hydrogen-bond acceptors (Lipinski definition) is 3. The molecule has 0 saturated carbocycles. The summed E-state index contributed by atoms with van der Waals surface area (Å²) in [5.41, 5.74) is 0.650. The van der Waals surface area contributed by atoms with E-state index in [-0.39, 0.29) is 30.2 Å². The van der Waals surface area contributed by atoms with Crippen LogP contribution in [0.3, 0.4) is 0 Å². The first kappa shape index (κ1) is 18.4. The number of piperidine rings is 1. The number of carbonyl (C=O) groups excluding carboxylic acids is 3. The van der Waals surface area contributed by atoms with Crippen molar-refractivity contribution >= 4 is 33.7 Å². The quantitative estimate of drug-likeness (QED) is 0.793. The summed E-state index contributed by atoms with van der Waals surface area (Å²) in [7, 11) is 0. The summed E-state index contributed by atoms with van der Waals surface area (Å²) in [6, 6.07) is 7.26. The zero-order valence-electron chi connectivity index (χ0n) is 13.7. The van der Waals surface area contributed by atoms with Gasteiger partial charge in [-0.05, 0) is 44.0 Å². The molecule has 0 aliphatic carbocycles. The third-order valence-corrected chi connectivity index (χ3v) is 4.57. The van der Waals surface area contributed by atoms with Crippen molar-refractivity contribution in [3.05, 3.63) is 34.3 Å². The van der Waals surface area contributed by atoms with E-state index in [2.05, 4.69) is 26.6 Å². The van der Waals surface area contributed by atoms with Crippen LogP contribution in [0.25, 0.3) is 0 Å². The molecule has 130 valence electrons. The molecule has 1 aliphatic heterocycles. The molecule has 0 radical (unpaired) electrons. The Morgan fingerprint density at radius 3 is 2.33 bits per heavy atom. The second-order valence-electron chi connectivity index (χ2n) is 5.74. The predicted molar refractivity (Wildman–Crippen MR) is 94.5 cm³/mol. The summed E-state index contributed by atoms with van der Waals surface area (Å²) in [4.78, 5) is 37.7. The first-order valence-electron chi connectivity index (χ1n) is 8.10. The van der Waals surface area contributed by atoms with Gasteiger partial charge in [0.15, 0.2) is 0 Å². The molecular formula is C17H22BrN3O3. The molecule has 2 rings (SSSR count). The summed E-state index contributed by atoms with van der Waals surface area (Å²) < 4.78 is 0.932. The predicted octanol–water partition coefficient (Wildman–Crippen LogP) is 1.55. The van der Waals surface area contributed by atoms with Gasteiger partial charge in [0.1, 0.15) is 0 Å². The summed E-state index contributed by atoms with van der Waals surface area (Å²) >= 11 is 3.35. The van der Waals surface area contributed by atoms with Crippen LogP contribution in [0.5, 0.6) is 0 Å². The molecule has 1 aromatic rings. The Bertz CT molecular complexity index is 596. The van der Waals surface area contributed by atoms with Crippen LogP contribution in [0, 0.1) is 5.92 Å². The van der Waals surface area contributed by atoms with Crippen LogP contribution in [-0.2, 0) is 9.59 Å². The van der Waals surface area contributed by atoms with Crippen molar-refractivity contribution in [3.63, 3.8) is 0 Å². The average Bonchev–Trinajstić information content (AvgIpc) is 2.60. The van der Waals surface area contributed by atoms with E-state index in [0.717, 1.165) is 4.47 Å². The number of likely N-dealkylation sites (tertiary alicyclic amines) is 1. The normalized spacial score (nSPS) is 15.0. The molecule has 0 aromatic heterocycles. The first-order chi connectivity index (χ1) is 11.5. The number of nitrogens with zero attached hydrogens (tertiary/aromatic N) is 1. The molecule has 2 N–H and O–H groups in total. The maximum Gasteiger partial charge on any atom is 0.253 e. The Morgan fingerprint density at radius 1 is 1.12 bits per heavy atom. The third kappa shape index (κ3) is 5.06. The highest BCUT2D eigenvalue weighted by Gasteiger charge is 2.27. The fraction of sp³-hybridized carbons (Fsp3) is 0.471. The van der Waals surface area contributed by atoms with Crippen molar-refractivity contribution in [1.29, 1.82) is 0 Å². The topological polar surface area (TPSA) is 78.5 Å². The molecule has 3 amide bonds. The summed E-state index contributed by atoms with van der Waals surface area (Å²) in [5, 5.41) is 5.30. The minimum Gasteiger partial charge on any atom is -0.355 e. The van der Waals surface area contributed by atoms with Gasteiger partial charge in [0, 0.05) is 35.6 Å². The molecule has 0 unspecified atom stereocenters. The van der Waals surface area contributed by atoms with Crippen molar-refractivity contribution in [2.45, 2.75) is 19.8 Å². The SMILES string of the molecule is CCNC(=O)CNC(=O)C1CCN(C(=O)c2ccc(Br)cc2)CC1. The van der Waals surface area contributed by atoms with Crippen LogP contribution in [0.1, 0.15) is 30.1 Å². The molecule has 0 atom stereocenters. The van der Waals surface area contributed by atoms with Gasteiger partial charge in [-0.25, -0.2) is 0 Å². The Morgan fingerprint density at radius 2 is 1.75 bits per heavy atom. The van der Waals surface area contributed by atoms with Gasteiger partial charge in [-0.15, -0.1) is 0 Å². The number of carbonyl (C=O) groups is 3. The summed E-state index contributed by atoms with van der Waals surface area (Å²) in [5.74, 6) is -0.456. The Labute approximate surface area is 150 Å². The molecule has 0 spiro atoms. The van der Waals surface area contributed by atoms with Crippen molar-refractivity contribution in [3.8, 4) is 0 Å². The average molecular weight is 396 g/mol. The number of hydrogen-bond donors (Lipinski definition) is 2. The second-order valence-corrected chi connectivity index (χ2v) is 6.66. The lowest BCUT2D eigenvalue weighted by Crippen LogP contribution is -2.45. The van der Waals surface area contributed by atoms with Crippen LogP contribution in [0.15, 0.2) is 28.7 Å². The molecule has 24 heavy (non-hydrogen) atoms. The number of likely N-dealkylation sites (N-methyl/N-ethyl adjacent to an activating group) is 1. The lowest BCUT2D eigenvalue weighted by molar-refractivity contribution is -0.129. The standard InChI is InChI=1S/C17H22BrN3O3/c1-2-19-15(22)11-20-16(23)12-7-9-21(10-8-12)17(24)13-3-5-14(18)6-4-13/h3-6,12H,2,7-11H2,1H3,(H,19,22)(H,20,23). The van der Waals surface area contributed by atoms with Crippen LogP contribution in [0.2, 0.25) is 0 Å². The molecule has 1 aromatic carbocycles. The first-order valence-corrected chi connectivity index (χ1v) is 8.89. The fourth-order valence-corrected chi connectivity index (χ4v) is 2.96. The van der Waals surface area contributed by atoms with E-state index in [1.807, 2.05) is 19.1 Å². The van der Waals surface area contributed by atoms with Gasteiger partial charge in [-0.1, -0.05) is 15.9 Å². The smallest absolute Gasteiger partial charge is 0.253 e. The lowest BCUT2D eigenvalue weighted by Gasteiger charge is -2.31. The van der Waals surface area contributed by atoms with E-state index in [1.54, 1.807) is 17.0 Å². The van der Waals surface area contributed by atoms with E-state index in [9.17, 15) is 14.4 Å². The molecule has 7 heteroatoms. The number of halogens is 1. The van der Waals surface area contributed by atoms with E-state index in [0.29, 0.717) is 38.0 Å². The van der Waals surface area contributed by atoms with Crippen molar-refractivity contribution in [2.24, 2.45) is 5.92 Å². The molecule has 1 fully saturated rings. The molecule has 1 aliphatic rings. The van der Waals surface area contributed by atoms with E-state index in [4.69, 9.17) is 0 Å². The highest BCUT2D eigenvalue weighted by Crippen LogP contribution is 2.20. The van der Waals surface area contributed by atoms with Gasteiger partial charge >= 0.3 is 0 Å². The zero-order chi connectivity index (χ0) is 17.5. The maximum atomic E-state index is 12.4. The lowest BCUT2D eigenvalue weighted by atomic mass is 9.95. The van der Waals surface area contributed by atoms with Gasteiger partial charge in [0.25, 0.3) is 5.91 Å². The van der Waals surface area contributed by atoms with Gasteiger partial charge in [-0.3, -0.25) is 14.4 Å². The van der Waals surface area contributed by atoms with E-state index < -0.39 is 0 Å². The molecule has 1 saturated heterocycles. The highest BCUT2D eigenvalue weighted by molar-refractivity contribution is 9.10. The maximum absolute atomic E-state index is 12.4. The number of nitrogens with one attached hydrogen (secondary N) is 2. The monoisotopic (exact) mass is 395 g/mol. The minimum atomic E-state index is -0.186. The largest absolute Gasteiger partial charge is 0.355 e. The molecule has 0 bridgehead atoms. The number of benzene rings is 1. The van der Waals surface area contributed by atoms with E-state index in [1.165, 1.54) is 0 Å². The van der Waals surface area contributed by atoms with Gasteiger partial charge in [-0.2, -0.15) is 0 Å². The fourth-order valence-electron chi connectivity index (χ4n) is 2.69. The summed E-state index contributed by atoms with van der Waals surface area (Å²) in [6.45, 7) is 3.48. The van der Waals surface area contributed by atoms with E-state index >= 15 is 0 Å². The number of rotatable bonds is 5.